The van der Waals surface area contributed by atoms with Gasteiger partial charge in [-0.15, -0.1) is 0 Å². The van der Waals surface area contributed by atoms with Crippen LogP contribution in [0.3, 0.4) is 0 Å². The van der Waals surface area contributed by atoms with E-state index in [9.17, 15) is 26.4 Å². The van der Waals surface area contributed by atoms with Crippen molar-refractivity contribution in [2.45, 2.75) is 38.3 Å². The third-order valence-corrected chi connectivity index (χ3v) is 6.39. The molecule has 0 atom stereocenters. The average molecular weight is 482 g/mol. The summed E-state index contributed by atoms with van der Waals surface area (Å²) in [5.41, 5.74) is 1.09. The van der Waals surface area contributed by atoms with Crippen molar-refractivity contribution in [3.05, 3.63) is 29.8 Å². The topological polar surface area (TPSA) is 107 Å². The van der Waals surface area contributed by atoms with E-state index < -0.39 is 22.2 Å². The van der Waals surface area contributed by atoms with E-state index in [4.69, 9.17) is 9.90 Å². The maximum atomic E-state index is 13.0. The van der Waals surface area contributed by atoms with Crippen molar-refractivity contribution in [3.8, 4) is 0 Å². The van der Waals surface area contributed by atoms with Gasteiger partial charge in [0.05, 0.1) is 11.4 Å². The number of sulfonamides is 1. The third kappa shape index (κ3) is 8.75. The molecule has 182 valence electrons. The van der Waals surface area contributed by atoms with Crippen LogP contribution < -0.4 is 5.32 Å². The highest BCUT2D eigenvalue weighted by atomic mass is 32.2. The molecular formula is C20H30F3N3O5S. The van der Waals surface area contributed by atoms with Gasteiger partial charge in [-0.2, -0.15) is 17.5 Å². The molecule has 0 saturated carbocycles. The van der Waals surface area contributed by atoms with Gasteiger partial charge in [-0.3, -0.25) is 4.79 Å². The highest BCUT2D eigenvalue weighted by molar-refractivity contribution is 7.89. The van der Waals surface area contributed by atoms with Crippen molar-refractivity contribution in [1.29, 1.82) is 0 Å². The fourth-order valence-electron chi connectivity index (χ4n) is 2.87. The van der Waals surface area contributed by atoms with Gasteiger partial charge < -0.3 is 15.3 Å². The Morgan fingerprint density at radius 1 is 1.16 bits per heavy atom. The zero-order valence-corrected chi connectivity index (χ0v) is 19.2. The van der Waals surface area contributed by atoms with Crippen molar-refractivity contribution in [2.75, 3.05) is 39.3 Å². The smallest absolute Gasteiger partial charge is 0.475 e. The van der Waals surface area contributed by atoms with Gasteiger partial charge in [0, 0.05) is 32.7 Å². The van der Waals surface area contributed by atoms with Crippen LogP contribution in [0.25, 0.3) is 0 Å². The molecule has 1 heterocycles. The fraction of sp³-hybridized carbons (Fsp3) is 0.600. The Bertz CT molecular complexity index is 852. The average Bonchev–Trinajstić information content (AvgIpc) is 2.73. The van der Waals surface area contributed by atoms with E-state index in [0.717, 1.165) is 25.1 Å². The first-order valence-corrected chi connectivity index (χ1v) is 11.6. The van der Waals surface area contributed by atoms with Crippen LogP contribution in [-0.4, -0.2) is 80.1 Å². The summed E-state index contributed by atoms with van der Waals surface area (Å²) < 4.78 is 59.1. The Labute approximate surface area is 186 Å². The van der Waals surface area contributed by atoms with Gasteiger partial charge >= 0.3 is 12.1 Å². The van der Waals surface area contributed by atoms with Crippen molar-refractivity contribution < 1.29 is 36.3 Å². The number of aliphatic carboxylic acids is 1. The SMILES string of the molecule is CCc1ccc(S(=O)(=O)N(CC(=O)N2CCNCC2)CC(C)C)cc1.O=C(O)C(F)(F)F. The minimum atomic E-state index is -5.08. The van der Waals surface area contributed by atoms with Gasteiger partial charge in [-0.25, -0.2) is 13.2 Å². The van der Waals surface area contributed by atoms with Crippen LogP contribution in [0.5, 0.6) is 0 Å². The number of aryl methyl sites for hydroxylation is 1. The van der Waals surface area contributed by atoms with E-state index in [1.807, 2.05) is 32.9 Å². The summed E-state index contributed by atoms with van der Waals surface area (Å²) in [5.74, 6) is -2.75. The fourth-order valence-corrected chi connectivity index (χ4v) is 4.42. The van der Waals surface area contributed by atoms with Gasteiger partial charge in [0.1, 0.15) is 0 Å². The van der Waals surface area contributed by atoms with Gasteiger partial charge in [-0.1, -0.05) is 32.9 Å². The number of halogens is 3. The maximum absolute atomic E-state index is 13.0. The van der Waals surface area contributed by atoms with Crippen LogP contribution in [0.15, 0.2) is 29.2 Å². The first-order chi connectivity index (χ1) is 14.8. The summed E-state index contributed by atoms with van der Waals surface area (Å²) >= 11 is 0. The molecule has 0 spiro atoms. The minimum absolute atomic E-state index is 0.101. The molecule has 32 heavy (non-hydrogen) atoms. The molecule has 0 bridgehead atoms. The highest BCUT2D eigenvalue weighted by Gasteiger charge is 2.38. The van der Waals surface area contributed by atoms with E-state index in [0.29, 0.717) is 19.6 Å². The molecule has 0 radical (unpaired) electrons. The molecule has 1 saturated heterocycles. The lowest BCUT2D eigenvalue weighted by Crippen LogP contribution is -2.50. The number of hydrogen-bond acceptors (Lipinski definition) is 5. The number of piperazine rings is 1. The first-order valence-electron chi connectivity index (χ1n) is 10.2. The Morgan fingerprint density at radius 3 is 2.06 bits per heavy atom. The molecule has 2 N–H and O–H groups in total. The lowest BCUT2D eigenvalue weighted by atomic mass is 10.2. The minimum Gasteiger partial charge on any atom is -0.475 e. The lowest BCUT2D eigenvalue weighted by Gasteiger charge is -2.30. The number of alkyl halides is 3. The number of rotatable bonds is 7. The molecule has 12 heteroatoms. The molecule has 1 aliphatic heterocycles. The van der Waals surface area contributed by atoms with Crippen LogP contribution >= 0.6 is 0 Å². The van der Waals surface area contributed by atoms with Crippen molar-refractivity contribution in [3.63, 3.8) is 0 Å². The van der Waals surface area contributed by atoms with Gasteiger partial charge in [0.15, 0.2) is 0 Å². The number of carboxylic acid groups (broad SMARTS) is 1. The van der Waals surface area contributed by atoms with Crippen LogP contribution in [0.4, 0.5) is 13.2 Å². The van der Waals surface area contributed by atoms with Gasteiger partial charge in [0.2, 0.25) is 15.9 Å². The van der Waals surface area contributed by atoms with E-state index in [2.05, 4.69) is 5.32 Å². The second-order valence-corrected chi connectivity index (χ2v) is 9.56. The second kappa shape index (κ2) is 12.2. The number of carbonyl (C=O) groups excluding carboxylic acids is 1. The molecule has 1 amide bonds. The van der Waals surface area contributed by atoms with Crippen LogP contribution in [0.1, 0.15) is 26.3 Å². The summed E-state index contributed by atoms with van der Waals surface area (Å²) in [4.78, 5) is 23.4. The number of amides is 1. The first kappa shape index (κ1) is 27.9. The largest absolute Gasteiger partial charge is 0.490 e. The predicted molar refractivity (Wildman–Crippen MR) is 113 cm³/mol. The summed E-state index contributed by atoms with van der Waals surface area (Å²) in [5, 5.41) is 10.3. The van der Waals surface area contributed by atoms with Crippen molar-refractivity contribution in [1.82, 2.24) is 14.5 Å². The highest BCUT2D eigenvalue weighted by Crippen LogP contribution is 2.18. The standard InChI is InChI=1S/C18H29N3O3S.C2HF3O2/c1-4-16-5-7-17(8-6-16)25(23,24)21(13-15(2)3)14-18(22)20-11-9-19-10-12-20;3-2(4,5)1(6)7/h5-8,15,19H,4,9-14H2,1-3H3;(H,6,7). The van der Waals surface area contributed by atoms with Crippen LogP contribution in [0, 0.1) is 5.92 Å². The maximum Gasteiger partial charge on any atom is 0.490 e. The zero-order chi connectivity index (χ0) is 24.5. The van der Waals surface area contributed by atoms with Crippen molar-refractivity contribution in [2.24, 2.45) is 5.92 Å². The monoisotopic (exact) mass is 481 g/mol. The van der Waals surface area contributed by atoms with Crippen molar-refractivity contribution >= 4 is 21.9 Å². The molecule has 1 aliphatic rings. The van der Waals surface area contributed by atoms with E-state index >= 15 is 0 Å². The van der Waals surface area contributed by atoms with Crippen LogP contribution in [0.2, 0.25) is 0 Å². The molecule has 2 rings (SSSR count). The molecule has 1 fully saturated rings. The summed E-state index contributed by atoms with van der Waals surface area (Å²) in [7, 11) is -3.68. The molecular weight excluding hydrogens is 451 g/mol. The number of nitrogens with one attached hydrogen (secondary N) is 1. The zero-order valence-electron chi connectivity index (χ0n) is 18.4. The predicted octanol–water partition coefficient (Wildman–Crippen LogP) is 1.96. The van der Waals surface area contributed by atoms with E-state index in [1.165, 1.54) is 4.31 Å². The Kier molecular flexibility index (Phi) is 10.6. The van der Waals surface area contributed by atoms with E-state index in [-0.39, 0.29) is 23.3 Å². The van der Waals surface area contributed by atoms with E-state index in [1.54, 1.807) is 17.0 Å². The van der Waals surface area contributed by atoms with Gasteiger partial charge in [0.25, 0.3) is 0 Å². The molecule has 1 aromatic rings. The van der Waals surface area contributed by atoms with Gasteiger partial charge in [-0.05, 0) is 30.0 Å². The Balaban J connectivity index is 0.000000633. The molecule has 0 unspecified atom stereocenters. The quantitative estimate of drug-likeness (QED) is 0.617. The molecule has 0 aromatic heterocycles. The molecule has 8 nitrogen and oxygen atoms in total. The summed E-state index contributed by atoms with van der Waals surface area (Å²) in [6, 6.07) is 6.94. The second-order valence-electron chi connectivity index (χ2n) is 7.62. The molecule has 1 aromatic carbocycles. The Hall–Kier alpha value is -2.18. The normalized spacial score (nSPS) is 14.8. The summed E-state index contributed by atoms with van der Waals surface area (Å²) in [6.07, 6.45) is -4.22. The third-order valence-electron chi connectivity index (χ3n) is 4.56. The number of carbonyl (C=O) groups is 2. The molecule has 0 aliphatic carbocycles. The Morgan fingerprint density at radius 2 is 1.66 bits per heavy atom. The number of hydrogen-bond donors (Lipinski definition) is 2. The number of nitrogens with zero attached hydrogens (tertiary/aromatic N) is 2. The lowest BCUT2D eigenvalue weighted by molar-refractivity contribution is -0.192. The summed E-state index contributed by atoms with van der Waals surface area (Å²) in [6.45, 7) is 8.92. The van der Waals surface area contributed by atoms with Crippen LogP contribution in [-0.2, 0) is 26.0 Å². The number of benzene rings is 1. The number of carboxylic acids is 1.